The maximum atomic E-state index is 11.1. The first-order chi connectivity index (χ1) is 6.66. The van der Waals surface area contributed by atoms with Gasteiger partial charge in [-0.2, -0.15) is 0 Å². The molecule has 14 heavy (non-hydrogen) atoms. The van der Waals surface area contributed by atoms with Gasteiger partial charge in [-0.05, 0) is 13.3 Å². The summed E-state index contributed by atoms with van der Waals surface area (Å²) in [5.41, 5.74) is 0. The molecule has 0 bridgehead atoms. The number of carbonyl (C=O) groups excluding carboxylic acids is 2. The van der Waals surface area contributed by atoms with Gasteiger partial charge < -0.3 is 5.32 Å². The summed E-state index contributed by atoms with van der Waals surface area (Å²) in [6.07, 6.45) is 1.39. The van der Waals surface area contributed by atoms with Gasteiger partial charge in [-0.15, -0.1) is 0 Å². The third kappa shape index (κ3) is 9.92. The molecule has 0 spiro atoms. The summed E-state index contributed by atoms with van der Waals surface area (Å²) >= 11 is 0. The molecule has 0 aromatic rings. The van der Waals surface area contributed by atoms with Gasteiger partial charge in [0.25, 0.3) is 0 Å². The molecule has 1 N–H and O–H groups in total. The van der Waals surface area contributed by atoms with Crippen LogP contribution in [-0.4, -0.2) is 29.7 Å². The summed E-state index contributed by atoms with van der Waals surface area (Å²) < 4.78 is 0. The molecule has 0 radical (unpaired) electrons. The highest BCUT2D eigenvalue weighted by molar-refractivity contribution is 8.76. The Hall–Kier alpha value is -0.160. The van der Waals surface area contributed by atoms with Crippen molar-refractivity contribution in [1.82, 2.24) is 5.32 Å². The minimum atomic E-state index is -0.0256. The van der Waals surface area contributed by atoms with Crippen LogP contribution in [0.3, 0.4) is 0 Å². The number of hydrogen-bond acceptors (Lipinski definition) is 4. The third-order valence-electron chi connectivity index (χ3n) is 1.37. The Morgan fingerprint density at radius 2 is 2.00 bits per heavy atom. The molecule has 82 valence electrons. The average molecular weight is 235 g/mol. The second-order valence-electron chi connectivity index (χ2n) is 2.81. The van der Waals surface area contributed by atoms with Crippen LogP contribution in [0.15, 0.2) is 0 Å². The van der Waals surface area contributed by atoms with E-state index in [1.807, 2.05) is 10.8 Å². The van der Waals surface area contributed by atoms with Crippen LogP contribution in [0.4, 0.5) is 0 Å². The minimum absolute atomic E-state index is 0.00531. The summed E-state index contributed by atoms with van der Waals surface area (Å²) in [7, 11) is 3.60. The monoisotopic (exact) mass is 235 g/mol. The van der Waals surface area contributed by atoms with Gasteiger partial charge in [0.05, 0.1) is 6.54 Å². The van der Waals surface area contributed by atoms with Crippen LogP contribution < -0.4 is 5.32 Å². The molecule has 0 aromatic heterocycles. The summed E-state index contributed by atoms with van der Waals surface area (Å²) in [4.78, 5) is 21.6. The van der Waals surface area contributed by atoms with Crippen molar-refractivity contribution in [3.63, 3.8) is 0 Å². The summed E-state index contributed by atoms with van der Waals surface area (Å²) in [6.45, 7) is 3.74. The smallest absolute Gasteiger partial charge is 0.220 e. The molecule has 0 rings (SSSR count). The zero-order valence-corrected chi connectivity index (χ0v) is 10.3. The van der Waals surface area contributed by atoms with Gasteiger partial charge >= 0.3 is 0 Å². The second kappa shape index (κ2) is 9.40. The van der Waals surface area contributed by atoms with E-state index in [2.05, 4.69) is 12.2 Å². The van der Waals surface area contributed by atoms with Gasteiger partial charge in [0.2, 0.25) is 5.91 Å². The number of Topliss-reactive ketones (excluding diaryl/α,β-unsaturated/α-hetero) is 1. The fraction of sp³-hybridized carbons (Fsp3) is 0.778. The molecule has 0 aliphatic rings. The van der Waals surface area contributed by atoms with Crippen molar-refractivity contribution in [1.29, 1.82) is 0 Å². The Morgan fingerprint density at radius 1 is 1.29 bits per heavy atom. The fourth-order valence-corrected chi connectivity index (χ4v) is 2.50. The highest BCUT2D eigenvalue weighted by Crippen LogP contribution is 2.21. The van der Waals surface area contributed by atoms with E-state index in [1.54, 1.807) is 10.8 Å². The Bertz CT molecular complexity index is 186. The van der Waals surface area contributed by atoms with Crippen LogP contribution in [0.2, 0.25) is 0 Å². The van der Waals surface area contributed by atoms with Crippen LogP contribution >= 0.6 is 21.6 Å². The maximum absolute atomic E-state index is 11.1. The van der Waals surface area contributed by atoms with Crippen LogP contribution in [0.1, 0.15) is 26.7 Å². The van der Waals surface area contributed by atoms with Gasteiger partial charge in [0, 0.05) is 17.9 Å². The molecule has 1 amide bonds. The third-order valence-corrected chi connectivity index (χ3v) is 3.93. The standard InChI is InChI=1S/C9H17NO2S2/c1-3-13-14-6-4-5-9(12)10-7-8(2)11/h3-7H2,1-2H3,(H,10,12). The van der Waals surface area contributed by atoms with Gasteiger partial charge in [0.1, 0.15) is 5.78 Å². The number of carbonyl (C=O) groups is 2. The first-order valence-corrected chi connectivity index (χ1v) is 7.16. The Kier molecular flexibility index (Phi) is 9.29. The Labute approximate surface area is 93.2 Å². The number of rotatable bonds is 8. The van der Waals surface area contributed by atoms with E-state index in [1.165, 1.54) is 6.92 Å². The molecule has 0 atom stereocenters. The van der Waals surface area contributed by atoms with Crippen molar-refractivity contribution in [3.8, 4) is 0 Å². The Morgan fingerprint density at radius 3 is 2.57 bits per heavy atom. The quantitative estimate of drug-likeness (QED) is 0.515. The normalized spacial score (nSPS) is 9.86. The zero-order chi connectivity index (χ0) is 10.8. The van der Waals surface area contributed by atoms with Crippen LogP contribution in [0.5, 0.6) is 0 Å². The molecule has 0 heterocycles. The number of nitrogens with one attached hydrogen (secondary N) is 1. The lowest BCUT2D eigenvalue weighted by atomic mass is 10.3. The SMILES string of the molecule is CCSSCCCC(=O)NCC(C)=O. The highest BCUT2D eigenvalue weighted by atomic mass is 33.1. The molecule has 0 unspecified atom stereocenters. The summed E-state index contributed by atoms with van der Waals surface area (Å²) in [5.74, 6) is 2.06. The van der Waals surface area contributed by atoms with Gasteiger partial charge in [-0.3, -0.25) is 9.59 Å². The van der Waals surface area contributed by atoms with Gasteiger partial charge in [-0.25, -0.2) is 0 Å². The molecule has 0 saturated heterocycles. The molecule has 5 heteroatoms. The number of amides is 1. The first-order valence-electron chi connectivity index (χ1n) is 4.67. The van der Waals surface area contributed by atoms with Crippen molar-refractivity contribution >= 4 is 33.3 Å². The van der Waals surface area contributed by atoms with E-state index < -0.39 is 0 Å². The minimum Gasteiger partial charge on any atom is -0.349 e. The molecule has 0 saturated carbocycles. The van der Waals surface area contributed by atoms with Crippen LogP contribution in [0.25, 0.3) is 0 Å². The average Bonchev–Trinajstić information content (AvgIpc) is 2.14. The van der Waals surface area contributed by atoms with Crippen LogP contribution in [0, 0.1) is 0 Å². The number of hydrogen-bond donors (Lipinski definition) is 1. The van der Waals surface area contributed by atoms with Crippen molar-refractivity contribution in [3.05, 3.63) is 0 Å². The molecule has 0 fully saturated rings. The Balaban J connectivity index is 3.22. The van der Waals surface area contributed by atoms with E-state index in [4.69, 9.17) is 0 Å². The van der Waals surface area contributed by atoms with E-state index in [0.29, 0.717) is 6.42 Å². The summed E-state index contributed by atoms with van der Waals surface area (Å²) in [6, 6.07) is 0. The lowest BCUT2D eigenvalue weighted by Gasteiger charge is -2.02. The fourth-order valence-electron chi connectivity index (χ4n) is 0.745. The maximum Gasteiger partial charge on any atom is 0.220 e. The van der Waals surface area contributed by atoms with Gasteiger partial charge in [0.15, 0.2) is 0 Å². The van der Waals surface area contributed by atoms with Crippen LogP contribution in [-0.2, 0) is 9.59 Å². The molecule has 0 aliphatic carbocycles. The predicted octanol–water partition coefficient (Wildman–Crippen LogP) is 1.87. The molecular formula is C9H17NO2S2. The van der Waals surface area contributed by atoms with E-state index in [-0.39, 0.29) is 18.2 Å². The molecule has 0 aromatic carbocycles. The van der Waals surface area contributed by atoms with Crippen molar-refractivity contribution in [2.24, 2.45) is 0 Å². The van der Waals surface area contributed by atoms with E-state index >= 15 is 0 Å². The van der Waals surface area contributed by atoms with Crippen molar-refractivity contribution in [2.75, 3.05) is 18.1 Å². The number of ketones is 1. The lowest BCUT2D eigenvalue weighted by Crippen LogP contribution is -2.27. The van der Waals surface area contributed by atoms with E-state index in [9.17, 15) is 9.59 Å². The topological polar surface area (TPSA) is 46.2 Å². The zero-order valence-electron chi connectivity index (χ0n) is 8.67. The van der Waals surface area contributed by atoms with E-state index in [0.717, 1.165) is 17.9 Å². The predicted molar refractivity (Wildman–Crippen MR) is 63.5 cm³/mol. The highest BCUT2D eigenvalue weighted by Gasteiger charge is 2.01. The first kappa shape index (κ1) is 13.8. The summed E-state index contributed by atoms with van der Waals surface area (Å²) in [5, 5.41) is 2.57. The van der Waals surface area contributed by atoms with Crippen molar-refractivity contribution in [2.45, 2.75) is 26.7 Å². The van der Waals surface area contributed by atoms with Crippen molar-refractivity contribution < 1.29 is 9.59 Å². The molecule has 0 aliphatic heterocycles. The van der Waals surface area contributed by atoms with Gasteiger partial charge in [-0.1, -0.05) is 28.5 Å². The molecule has 3 nitrogen and oxygen atoms in total. The second-order valence-corrected chi connectivity index (χ2v) is 5.68. The largest absolute Gasteiger partial charge is 0.349 e. The lowest BCUT2D eigenvalue weighted by molar-refractivity contribution is -0.124. The molecular weight excluding hydrogens is 218 g/mol.